The van der Waals surface area contributed by atoms with Crippen LogP contribution in [0.3, 0.4) is 0 Å². The molecule has 2 saturated carbocycles. The lowest BCUT2D eigenvalue weighted by atomic mass is 9.71. The Bertz CT molecular complexity index is 1390. The molecule has 3 aromatic rings. The molecule has 2 heteroatoms. The normalized spacial score (nSPS) is 21.6. The first-order valence-electron chi connectivity index (χ1n) is 17.1. The van der Waals surface area contributed by atoms with E-state index < -0.39 is 0 Å². The molecule has 2 aliphatic rings. The predicted molar refractivity (Wildman–Crippen MR) is 189 cm³/mol. The van der Waals surface area contributed by atoms with Crippen LogP contribution in [0.4, 0.5) is 0 Å². The van der Waals surface area contributed by atoms with Gasteiger partial charge in [-0.2, -0.15) is 0 Å². The summed E-state index contributed by atoms with van der Waals surface area (Å²) in [4.78, 5) is 9.76. The molecule has 0 spiro atoms. The lowest BCUT2D eigenvalue weighted by Crippen LogP contribution is -2.25. The fourth-order valence-electron chi connectivity index (χ4n) is 7.79. The number of hydrogen-bond donors (Lipinski definition) is 0. The van der Waals surface area contributed by atoms with Crippen molar-refractivity contribution in [3.8, 4) is 22.5 Å². The van der Waals surface area contributed by atoms with Crippen molar-refractivity contribution in [1.29, 1.82) is 0 Å². The predicted octanol–water partition coefficient (Wildman–Crippen LogP) is 12.3. The zero-order valence-electron chi connectivity index (χ0n) is 30.5. The van der Waals surface area contributed by atoms with Crippen molar-refractivity contribution in [3.63, 3.8) is 0 Å². The van der Waals surface area contributed by atoms with E-state index in [1.54, 1.807) is 6.33 Å². The fourth-order valence-corrected chi connectivity index (χ4v) is 7.79. The van der Waals surface area contributed by atoms with Gasteiger partial charge in [0.1, 0.15) is 6.33 Å². The fraction of sp³-hybridized carbons (Fsp3) is 0.619. The third kappa shape index (κ3) is 6.17. The highest BCUT2D eigenvalue weighted by Gasteiger charge is 2.47. The van der Waals surface area contributed by atoms with Crippen LogP contribution in [0.5, 0.6) is 0 Å². The van der Waals surface area contributed by atoms with Gasteiger partial charge < -0.3 is 0 Å². The summed E-state index contributed by atoms with van der Waals surface area (Å²) in [6, 6.07) is 16.8. The van der Waals surface area contributed by atoms with Gasteiger partial charge in [-0.1, -0.05) is 109 Å². The highest BCUT2D eigenvalue weighted by atomic mass is 14.8. The van der Waals surface area contributed by atoms with Crippen LogP contribution < -0.4 is 0 Å². The maximum Gasteiger partial charge on any atom is 0.116 e. The van der Waals surface area contributed by atoms with Crippen LogP contribution in [-0.4, -0.2) is 9.97 Å². The summed E-state index contributed by atoms with van der Waals surface area (Å²) in [5, 5.41) is 0. The molecule has 2 aromatic carbocycles. The summed E-state index contributed by atoms with van der Waals surface area (Å²) in [5.41, 5.74) is 11.6. The molecule has 2 nitrogen and oxygen atoms in total. The van der Waals surface area contributed by atoms with Crippen LogP contribution in [-0.2, 0) is 10.8 Å². The minimum Gasteiger partial charge on any atom is -0.236 e. The summed E-state index contributed by atoms with van der Waals surface area (Å²) in [5.74, 6) is 1.13. The summed E-state index contributed by atoms with van der Waals surface area (Å²) in [6.07, 6.45) is 6.66. The first kappa shape index (κ1) is 32.9. The van der Waals surface area contributed by atoms with Gasteiger partial charge in [-0.05, 0) is 123 Å². The third-order valence-electron chi connectivity index (χ3n) is 12.5. The van der Waals surface area contributed by atoms with Gasteiger partial charge in [0.2, 0.25) is 0 Å². The van der Waals surface area contributed by atoms with E-state index in [4.69, 9.17) is 9.97 Å². The van der Waals surface area contributed by atoms with Crippen LogP contribution in [0.25, 0.3) is 22.5 Å². The Morgan fingerprint density at radius 3 is 1.09 bits per heavy atom. The molecule has 0 unspecified atom stereocenters. The Morgan fingerprint density at radius 1 is 0.477 bits per heavy atom. The van der Waals surface area contributed by atoms with Gasteiger partial charge in [0.15, 0.2) is 0 Å². The van der Waals surface area contributed by atoms with Gasteiger partial charge in [-0.15, -0.1) is 0 Å². The minimum atomic E-state index is 0.0586. The monoisotopic (exact) mass is 592 g/mol. The first-order valence-corrected chi connectivity index (χ1v) is 17.1. The maximum atomic E-state index is 4.88. The Hall–Kier alpha value is -2.48. The van der Waals surface area contributed by atoms with Crippen LogP contribution in [0.1, 0.15) is 157 Å². The lowest BCUT2D eigenvalue weighted by molar-refractivity contribution is 0.157. The van der Waals surface area contributed by atoms with E-state index in [1.807, 2.05) is 0 Å². The molecule has 5 rings (SSSR count). The van der Waals surface area contributed by atoms with E-state index in [0.717, 1.165) is 11.4 Å². The molecule has 2 aliphatic carbocycles. The first-order chi connectivity index (χ1) is 20.0. The Morgan fingerprint density at radius 2 is 0.795 bits per heavy atom. The molecular weight excluding hydrogens is 532 g/mol. The van der Waals surface area contributed by atoms with Gasteiger partial charge in [-0.3, -0.25) is 0 Å². The van der Waals surface area contributed by atoms with Gasteiger partial charge in [0.25, 0.3) is 0 Å². The smallest absolute Gasteiger partial charge is 0.116 e. The highest BCUT2D eigenvalue weighted by molar-refractivity contribution is 5.70. The Kier molecular flexibility index (Phi) is 7.87. The molecule has 238 valence electrons. The van der Waals surface area contributed by atoms with Crippen molar-refractivity contribution in [3.05, 3.63) is 71.0 Å². The summed E-state index contributed by atoms with van der Waals surface area (Å²) >= 11 is 0. The van der Waals surface area contributed by atoms with Crippen molar-refractivity contribution < 1.29 is 0 Å². The molecule has 44 heavy (non-hydrogen) atoms. The molecule has 1 aromatic heterocycles. The standard InChI is InChI=1S/C42H60N2/c1-37(2,3)33-17-27(31-22-39(7,8)40(9,10)23-31)15-29(19-33)35-21-36(44-26-43-35)30-16-28(18-34(20-30)38(4,5)6)32-24-41(11,12)42(13,14)25-32/h15-21,26,31-32H,22-25H2,1-14H3. The molecule has 1 heterocycles. The van der Waals surface area contributed by atoms with Crippen molar-refractivity contribution in [2.45, 2.75) is 145 Å². The van der Waals surface area contributed by atoms with E-state index in [2.05, 4.69) is 139 Å². The number of aromatic nitrogens is 2. The molecule has 0 N–H and O–H groups in total. The van der Waals surface area contributed by atoms with Crippen molar-refractivity contribution >= 4 is 0 Å². The van der Waals surface area contributed by atoms with E-state index in [-0.39, 0.29) is 10.8 Å². The molecule has 0 bridgehead atoms. The topological polar surface area (TPSA) is 25.8 Å². The quantitative estimate of drug-likeness (QED) is 0.301. The SMILES string of the molecule is CC(C)(C)c1cc(-c2cc(-c3cc(C4CC(C)(C)C(C)(C)C4)cc(C(C)(C)C)c3)ncn2)cc(C2CC(C)(C)C(C)(C)C2)c1. The molecular formula is C42H60N2. The number of rotatable bonds is 4. The third-order valence-corrected chi connectivity index (χ3v) is 12.5. The average Bonchev–Trinajstić information content (AvgIpc) is 3.26. The molecule has 2 fully saturated rings. The maximum absolute atomic E-state index is 4.88. The van der Waals surface area contributed by atoms with Crippen LogP contribution in [0.2, 0.25) is 0 Å². The minimum absolute atomic E-state index is 0.0586. The van der Waals surface area contributed by atoms with Gasteiger partial charge >= 0.3 is 0 Å². The van der Waals surface area contributed by atoms with E-state index in [9.17, 15) is 0 Å². The van der Waals surface area contributed by atoms with Crippen LogP contribution in [0.15, 0.2) is 48.8 Å². The van der Waals surface area contributed by atoms with Gasteiger partial charge in [0, 0.05) is 11.1 Å². The molecule has 0 saturated heterocycles. The summed E-state index contributed by atoms with van der Waals surface area (Å²) in [6.45, 7) is 33.6. The van der Waals surface area contributed by atoms with Crippen molar-refractivity contribution in [2.24, 2.45) is 21.7 Å². The largest absolute Gasteiger partial charge is 0.236 e. The highest BCUT2D eigenvalue weighted by Crippen LogP contribution is 2.59. The molecule has 0 aliphatic heterocycles. The lowest BCUT2D eigenvalue weighted by Gasteiger charge is -2.34. The number of hydrogen-bond acceptors (Lipinski definition) is 2. The molecule has 0 amide bonds. The molecule has 0 atom stereocenters. The van der Waals surface area contributed by atoms with Gasteiger partial charge in [-0.25, -0.2) is 9.97 Å². The van der Waals surface area contributed by atoms with Crippen molar-refractivity contribution in [2.75, 3.05) is 0 Å². The summed E-state index contributed by atoms with van der Waals surface area (Å²) < 4.78 is 0. The van der Waals surface area contributed by atoms with E-state index in [0.29, 0.717) is 33.5 Å². The Balaban J connectivity index is 1.59. The zero-order valence-corrected chi connectivity index (χ0v) is 30.5. The molecule has 0 radical (unpaired) electrons. The van der Waals surface area contributed by atoms with Crippen LogP contribution in [0, 0.1) is 21.7 Å². The van der Waals surface area contributed by atoms with E-state index >= 15 is 0 Å². The van der Waals surface area contributed by atoms with Gasteiger partial charge in [0.05, 0.1) is 11.4 Å². The van der Waals surface area contributed by atoms with E-state index in [1.165, 1.54) is 59.1 Å². The second kappa shape index (κ2) is 10.5. The second-order valence-electron chi connectivity index (χ2n) is 19.2. The van der Waals surface area contributed by atoms with Crippen molar-refractivity contribution in [1.82, 2.24) is 9.97 Å². The number of nitrogens with zero attached hydrogens (tertiary/aromatic N) is 2. The zero-order chi connectivity index (χ0) is 32.7. The Labute approximate surface area is 269 Å². The average molecular weight is 593 g/mol. The second-order valence-corrected chi connectivity index (χ2v) is 19.2. The van der Waals surface area contributed by atoms with Crippen LogP contribution >= 0.6 is 0 Å². The number of benzene rings is 2. The summed E-state index contributed by atoms with van der Waals surface area (Å²) in [7, 11) is 0.